The third kappa shape index (κ3) is 4.33. The first-order valence-electron chi connectivity index (χ1n) is 6.88. The van der Waals surface area contributed by atoms with Crippen molar-refractivity contribution in [1.82, 2.24) is 10.2 Å². The van der Waals surface area contributed by atoms with Crippen LogP contribution in [0.15, 0.2) is 18.2 Å². The molecule has 0 aromatic heterocycles. The summed E-state index contributed by atoms with van der Waals surface area (Å²) in [6, 6.07) is 2.74. The molecule has 0 saturated carbocycles. The first-order valence-corrected chi connectivity index (χ1v) is 6.88. The molecule has 1 aliphatic heterocycles. The highest BCUT2D eigenvalue weighted by molar-refractivity contribution is 5.95. The van der Waals surface area contributed by atoms with Gasteiger partial charge in [-0.3, -0.25) is 9.69 Å². The molecule has 0 bridgehead atoms. The van der Waals surface area contributed by atoms with Gasteiger partial charge < -0.3 is 11.1 Å². The molecule has 0 radical (unpaired) electrons. The van der Waals surface area contributed by atoms with Gasteiger partial charge in [-0.1, -0.05) is 0 Å². The summed E-state index contributed by atoms with van der Waals surface area (Å²) in [7, 11) is 0. The smallest absolute Gasteiger partial charge is 0.399 e. The average molecular weight is 319 g/mol. The van der Waals surface area contributed by atoms with Gasteiger partial charge in [0.15, 0.2) is 0 Å². The van der Waals surface area contributed by atoms with E-state index in [9.17, 15) is 22.4 Å². The highest BCUT2D eigenvalue weighted by atomic mass is 19.4. The Hall–Kier alpha value is -1.83. The number of benzene rings is 1. The van der Waals surface area contributed by atoms with Gasteiger partial charge in [0.1, 0.15) is 6.17 Å². The van der Waals surface area contributed by atoms with Crippen molar-refractivity contribution in [3.63, 3.8) is 0 Å². The predicted molar refractivity (Wildman–Crippen MR) is 74.1 cm³/mol. The summed E-state index contributed by atoms with van der Waals surface area (Å²) in [4.78, 5) is 13.7. The molecule has 0 unspecified atom stereocenters. The average Bonchev–Trinajstić information content (AvgIpc) is 2.82. The minimum atomic E-state index is -4.56. The molecule has 1 amide bonds. The van der Waals surface area contributed by atoms with Crippen molar-refractivity contribution in [3.05, 3.63) is 29.3 Å². The lowest BCUT2D eigenvalue weighted by molar-refractivity contribution is -0.137. The second-order valence-corrected chi connectivity index (χ2v) is 5.28. The fourth-order valence-electron chi connectivity index (χ4n) is 2.36. The summed E-state index contributed by atoms with van der Waals surface area (Å²) in [5, 5.41) is 2.52. The lowest BCUT2D eigenvalue weighted by Gasteiger charge is -2.15. The summed E-state index contributed by atoms with van der Waals surface area (Å²) in [6.45, 7) is 1.64. The van der Waals surface area contributed by atoms with Crippen LogP contribution in [0.1, 0.15) is 22.3 Å². The highest BCUT2D eigenvalue weighted by Gasteiger charge is 2.31. The number of rotatable bonds is 4. The number of anilines is 1. The van der Waals surface area contributed by atoms with Gasteiger partial charge in [0.25, 0.3) is 5.91 Å². The first-order chi connectivity index (χ1) is 10.3. The van der Waals surface area contributed by atoms with E-state index in [0.717, 1.165) is 12.1 Å². The molecule has 22 heavy (non-hydrogen) atoms. The van der Waals surface area contributed by atoms with Gasteiger partial charge in [0, 0.05) is 37.4 Å². The van der Waals surface area contributed by atoms with Crippen molar-refractivity contribution in [3.8, 4) is 0 Å². The van der Waals surface area contributed by atoms with Crippen molar-refractivity contribution < 1.29 is 22.4 Å². The van der Waals surface area contributed by atoms with E-state index in [1.165, 1.54) is 6.07 Å². The summed E-state index contributed by atoms with van der Waals surface area (Å²) in [5.74, 6) is -0.631. The van der Waals surface area contributed by atoms with E-state index in [1.54, 1.807) is 0 Å². The van der Waals surface area contributed by atoms with Crippen LogP contribution in [0.4, 0.5) is 23.2 Å². The lowest BCUT2D eigenvalue weighted by Crippen LogP contribution is -2.34. The molecule has 3 N–H and O–H groups in total. The fraction of sp³-hybridized carbons (Fsp3) is 0.500. The largest absolute Gasteiger partial charge is 0.416 e. The standard InChI is InChI=1S/C14H17F4N3O/c15-11-1-3-21(8-11)4-2-20-13(22)9-5-10(14(16,17)18)7-12(19)6-9/h5-7,11H,1-4,8,19H2,(H,20,22)/t11-/m1/s1. The van der Waals surface area contributed by atoms with Crippen LogP contribution in [0.25, 0.3) is 0 Å². The number of hydrogen-bond donors (Lipinski definition) is 2. The molecule has 8 heteroatoms. The fourth-order valence-corrected chi connectivity index (χ4v) is 2.36. The number of nitrogens with zero attached hydrogens (tertiary/aromatic N) is 1. The Kier molecular flexibility index (Phi) is 4.90. The van der Waals surface area contributed by atoms with Crippen molar-refractivity contribution in [2.45, 2.75) is 18.8 Å². The number of likely N-dealkylation sites (tertiary alicyclic amines) is 1. The molecule has 1 atom stereocenters. The van der Waals surface area contributed by atoms with Crippen molar-refractivity contribution in [2.24, 2.45) is 0 Å². The minimum Gasteiger partial charge on any atom is -0.399 e. The summed E-state index contributed by atoms with van der Waals surface area (Å²) in [5.41, 5.74) is 4.18. The van der Waals surface area contributed by atoms with Crippen LogP contribution in [-0.4, -0.2) is 43.2 Å². The van der Waals surface area contributed by atoms with E-state index in [-0.39, 0.29) is 17.8 Å². The molecule has 1 aliphatic rings. The molecule has 1 aromatic rings. The van der Waals surface area contributed by atoms with Gasteiger partial charge >= 0.3 is 6.18 Å². The van der Waals surface area contributed by atoms with Crippen molar-refractivity contribution in [1.29, 1.82) is 0 Å². The molecule has 1 heterocycles. The molecule has 0 spiro atoms. The maximum Gasteiger partial charge on any atom is 0.416 e. The molecular formula is C14H17F4N3O. The quantitative estimate of drug-likeness (QED) is 0.660. The van der Waals surface area contributed by atoms with Crippen LogP contribution in [0.5, 0.6) is 0 Å². The zero-order chi connectivity index (χ0) is 16.3. The van der Waals surface area contributed by atoms with Crippen LogP contribution >= 0.6 is 0 Å². The molecule has 4 nitrogen and oxygen atoms in total. The number of nitrogens with two attached hydrogens (primary N) is 1. The van der Waals surface area contributed by atoms with Crippen LogP contribution in [0, 0.1) is 0 Å². The minimum absolute atomic E-state index is 0.125. The molecule has 1 saturated heterocycles. The molecule has 1 fully saturated rings. The van der Waals surface area contributed by atoms with Gasteiger partial charge in [-0.15, -0.1) is 0 Å². The van der Waals surface area contributed by atoms with E-state index in [1.807, 2.05) is 4.90 Å². The lowest BCUT2D eigenvalue weighted by atomic mass is 10.1. The van der Waals surface area contributed by atoms with Crippen molar-refractivity contribution >= 4 is 11.6 Å². The Labute approximate surface area is 125 Å². The van der Waals surface area contributed by atoms with E-state index < -0.39 is 23.8 Å². The maximum atomic E-state index is 13.0. The number of nitrogen functional groups attached to an aromatic ring is 1. The van der Waals surface area contributed by atoms with Gasteiger partial charge in [0.2, 0.25) is 0 Å². The highest BCUT2D eigenvalue weighted by Crippen LogP contribution is 2.31. The summed E-state index contributed by atoms with van der Waals surface area (Å²) < 4.78 is 51.0. The number of alkyl halides is 4. The Bertz CT molecular complexity index is 547. The van der Waals surface area contributed by atoms with E-state index in [0.29, 0.717) is 26.1 Å². The summed E-state index contributed by atoms with van der Waals surface area (Å²) >= 11 is 0. The molecular weight excluding hydrogens is 302 g/mol. The number of amides is 1. The number of hydrogen-bond acceptors (Lipinski definition) is 3. The Balaban J connectivity index is 1.93. The molecule has 1 aromatic carbocycles. The number of carbonyl (C=O) groups is 1. The third-order valence-electron chi connectivity index (χ3n) is 3.47. The van der Waals surface area contributed by atoms with Gasteiger partial charge in [-0.05, 0) is 24.6 Å². The van der Waals surface area contributed by atoms with Gasteiger partial charge in [0.05, 0.1) is 5.56 Å². The van der Waals surface area contributed by atoms with Crippen LogP contribution < -0.4 is 11.1 Å². The van der Waals surface area contributed by atoms with Gasteiger partial charge in [-0.2, -0.15) is 13.2 Å². The zero-order valence-corrected chi connectivity index (χ0v) is 11.8. The number of nitrogens with one attached hydrogen (secondary N) is 1. The molecule has 2 rings (SSSR count). The van der Waals surface area contributed by atoms with Crippen molar-refractivity contribution in [2.75, 3.05) is 31.9 Å². The van der Waals surface area contributed by atoms with Crippen LogP contribution in [0.2, 0.25) is 0 Å². The summed E-state index contributed by atoms with van der Waals surface area (Å²) in [6.07, 6.45) is -4.94. The second-order valence-electron chi connectivity index (χ2n) is 5.28. The second kappa shape index (κ2) is 6.51. The topological polar surface area (TPSA) is 58.4 Å². The van der Waals surface area contributed by atoms with Crippen LogP contribution in [-0.2, 0) is 6.18 Å². The SMILES string of the molecule is Nc1cc(C(=O)NCCN2CC[C@@H](F)C2)cc(C(F)(F)F)c1. The first kappa shape index (κ1) is 16.5. The number of halogens is 4. The zero-order valence-electron chi connectivity index (χ0n) is 11.8. The maximum absolute atomic E-state index is 13.0. The number of carbonyl (C=O) groups excluding carboxylic acids is 1. The van der Waals surface area contributed by atoms with E-state index in [2.05, 4.69) is 5.32 Å². The molecule has 122 valence electrons. The molecule has 0 aliphatic carbocycles. The predicted octanol–water partition coefficient (Wildman–Crippen LogP) is 2.06. The normalized spacial score (nSPS) is 19.4. The van der Waals surface area contributed by atoms with E-state index >= 15 is 0 Å². The van der Waals surface area contributed by atoms with Crippen LogP contribution in [0.3, 0.4) is 0 Å². The van der Waals surface area contributed by atoms with Gasteiger partial charge in [-0.25, -0.2) is 4.39 Å². The Morgan fingerprint density at radius 2 is 2.09 bits per heavy atom. The Morgan fingerprint density at radius 1 is 1.36 bits per heavy atom. The Morgan fingerprint density at radius 3 is 2.68 bits per heavy atom. The third-order valence-corrected chi connectivity index (χ3v) is 3.47. The van der Waals surface area contributed by atoms with E-state index in [4.69, 9.17) is 5.73 Å². The monoisotopic (exact) mass is 319 g/mol.